The largest absolute Gasteiger partial charge is 0.425 e. The monoisotopic (exact) mass is 381 g/mol. The van der Waals surface area contributed by atoms with E-state index >= 15 is 0 Å². The van der Waals surface area contributed by atoms with Crippen LogP contribution in [-0.2, 0) is 37.6 Å². The molecule has 3 rings (SSSR count). The first-order valence-electron chi connectivity index (χ1n) is 9.74. The molecular formula is C21H27N5O2. The fraction of sp³-hybridized carbons (Fsp3) is 0.429. The minimum Gasteiger partial charge on any atom is -0.425 e. The van der Waals surface area contributed by atoms with E-state index in [2.05, 4.69) is 27.4 Å². The third-order valence-electron chi connectivity index (χ3n) is 4.63. The second kappa shape index (κ2) is 9.82. The normalized spacial score (nSPS) is 10.9. The highest BCUT2D eigenvalue weighted by atomic mass is 16.4. The highest BCUT2D eigenvalue weighted by Gasteiger charge is 2.15. The fourth-order valence-electron chi connectivity index (χ4n) is 3.10. The van der Waals surface area contributed by atoms with Gasteiger partial charge in [-0.2, -0.15) is 5.10 Å². The van der Waals surface area contributed by atoms with E-state index in [1.807, 2.05) is 43.3 Å². The molecule has 0 saturated heterocycles. The van der Waals surface area contributed by atoms with Gasteiger partial charge in [0.2, 0.25) is 17.7 Å². The average molecular weight is 381 g/mol. The Balaban J connectivity index is 1.43. The molecule has 2 aromatic heterocycles. The van der Waals surface area contributed by atoms with E-state index in [9.17, 15) is 4.79 Å². The highest BCUT2D eigenvalue weighted by Crippen LogP contribution is 2.11. The predicted octanol–water partition coefficient (Wildman–Crippen LogP) is 2.96. The zero-order valence-corrected chi connectivity index (χ0v) is 16.5. The lowest BCUT2D eigenvalue weighted by atomic mass is 10.1. The first-order valence-corrected chi connectivity index (χ1v) is 9.74. The molecule has 2 heterocycles. The van der Waals surface area contributed by atoms with Gasteiger partial charge < -0.3 is 9.32 Å². The van der Waals surface area contributed by atoms with Crippen molar-refractivity contribution < 1.29 is 9.21 Å². The van der Waals surface area contributed by atoms with Gasteiger partial charge in [-0.05, 0) is 25.3 Å². The third-order valence-corrected chi connectivity index (χ3v) is 4.63. The zero-order valence-electron chi connectivity index (χ0n) is 16.5. The molecule has 0 fully saturated rings. The molecule has 28 heavy (non-hydrogen) atoms. The summed E-state index contributed by atoms with van der Waals surface area (Å²) >= 11 is 0. The number of aryl methyl sites for hydroxylation is 4. The summed E-state index contributed by atoms with van der Waals surface area (Å²) in [7, 11) is 1.87. The Labute approximate surface area is 165 Å². The van der Waals surface area contributed by atoms with Crippen molar-refractivity contribution in [1.82, 2.24) is 24.9 Å². The molecule has 1 amide bonds. The van der Waals surface area contributed by atoms with Crippen molar-refractivity contribution >= 4 is 5.91 Å². The van der Waals surface area contributed by atoms with E-state index in [4.69, 9.17) is 4.42 Å². The number of benzene rings is 1. The average Bonchev–Trinajstić information content (AvgIpc) is 3.33. The molecule has 0 spiro atoms. The van der Waals surface area contributed by atoms with Crippen LogP contribution in [0.1, 0.15) is 42.7 Å². The van der Waals surface area contributed by atoms with Gasteiger partial charge in [-0.25, -0.2) is 0 Å². The topological polar surface area (TPSA) is 77.1 Å². The molecule has 1 aromatic carbocycles. The molecule has 0 aliphatic rings. The minimum absolute atomic E-state index is 0.0789. The van der Waals surface area contributed by atoms with Crippen LogP contribution in [0.15, 0.2) is 47.1 Å². The van der Waals surface area contributed by atoms with Gasteiger partial charge in [0.15, 0.2) is 0 Å². The summed E-state index contributed by atoms with van der Waals surface area (Å²) in [4.78, 5) is 14.3. The molecular weight excluding hydrogens is 354 g/mol. The van der Waals surface area contributed by atoms with Gasteiger partial charge in [-0.1, -0.05) is 30.3 Å². The smallest absolute Gasteiger partial charge is 0.223 e. The Morgan fingerprint density at radius 1 is 1.07 bits per heavy atom. The number of nitrogens with zero attached hydrogens (tertiary/aromatic N) is 5. The summed E-state index contributed by atoms with van der Waals surface area (Å²) in [6, 6.07) is 10.4. The van der Waals surface area contributed by atoms with E-state index in [-0.39, 0.29) is 5.91 Å². The van der Waals surface area contributed by atoms with Crippen LogP contribution < -0.4 is 0 Å². The number of aromatic nitrogens is 4. The van der Waals surface area contributed by atoms with Crippen molar-refractivity contribution in [3.8, 4) is 0 Å². The Morgan fingerprint density at radius 2 is 1.82 bits per heavy atom. The summed E-state index contributed by atoms with van der Waals surface area (Å²) in [5.41, 5.74) is 2.33. The van der Waals surface area contributed by atoms with Crippen LogP contribution in [-0.4, -0.2) is 37.3 Å². The summed E-state index contributed by atoms with van der Waals surface area (Å²) in [5.74, 6) is 1.25. The number of carbonyl (C=O) groups excluding carboxylic acids is 1. The maximum Gasteiger partial charge on any atom is 0.223 e. The van der Waals surface area contributed by atoms with Gasteiger partial charge >= 0.3 is 0 Å². The number of hydrogen-bond acceptors (Lipinski definition) is 5. The lowest BCUT2D eigenvalue weighted by Crippen LogP contribution is -2.30. The SMILES string of the molecule is CCN(Cc1cnn(C)c1)C(=O)CCc1nnc(CCCc2ccccc2)o1. The molecule has 0 unspecified atom stereocenters. The van der Waals surface area contributed by atoms with Crippen LogP contribution in [0.5, 0.6) is 0 Å². The molecule has 0 atom stereocenters. The van der Waals surface area contributed by atoms with E-state index in [0.29, 0.717) is 37.7 Å². The van der Waals surface area contributed by atoms with Gasteiger partial charge in [-0.15, -0.1) is 10.2 Å². The van der Waals surface area contributed by atoms with Crippen LogP contribution in [0.4, 0.5) is 0 Å². The number of amides is 1. The molecule has 0 N–H and O–H groups in total. The predicted molar refractivity (Wildman–Crippen MR) is 105 cm³/mol. The molecule has 0 saturated carbocycles. The molecule has 0 aliphatic heterocycles. The maximum absolute atomic E-state index is 12.5. The van der Waals surface area contributed by atoms with Gasteiger partial charge in [0.25, 0.3) is 0 Å². The van der Waals surface area contributed by atoms with Gasteiger partial charge in [0.1, 0.15) is 0 Å². The molecule has 0 aliphatic carbocycles. The van der Waals surface area contributed by atoms with E-state index in [0.717, 1.165) is 24.8 Å². The summed E-state index contributed by atoms with van der Waals surface area (Å²) in [6.45, 7) is 3.20. The second-order valence-corrected chi connectivity index (χ2v) is 6.86. The Morgan fingerprint density at radius 3 is 2.50 bits per heavy atom. The van der Waals surface area contributed by atoms with E-state index in [1.165, 1.54) is 5.56 Å². The first-order chi connectivity index (χ1) is 13.6. The van der Waals surface area contributed by atoms with Crippen molar-refractivity contribution in [3.63, 3.8) is 0 Å². The van der Waals surface area contributed by atoms with Gasteiger partial charge in [-0.3, -0.25) is 9.48 Å². The quantitative estimate of drug-likeness (QED) is 0.540. The van der Waals surface area contributed by atoms with Gasteiger partial charge in [0, 0.05) is 51.2 Å². The van der Waals surface area contributed by atoms with Crippen LogP contribution in [0.3, 0.4) is 0 Å². The maximum atomic E-state index is 12.5. The minimum atomic E-state index is 0.0789. The second-order valence-electron chi connectivity index (χ2n) is 6.86. The van der Waals surface area contributed by atoms with Crippen LogP contribution >= 0.6 is 0 Å². The van der Waals surface area contributed by atoms with Crippen molar-refractivity contribution in [2.24, 2.45) is 7.05 Å². The summed E-state index contributed by atoms with van der Waals surface area (Å²) in [6.07, 6.45) is 7.23. The van der Waals surface area contributed by atoms with Crippen molar-refractivity contribution in [2.45, 2.75) is 45.6 Å². The molecule has 7 nitrogen and oxygen atoms in total. The third kappa shape index (κ3) is 5.77. The number of rotatable bonds is 10. The first kappa shape index (κ1) is 19.8. The van der Waals surface area contributed by atoms with Gasteiger partial charge in [0.05, 0.1) is 6.20 Å². The fourth-order valence-corrected chi connectivity index (χ4v) is 3.10. The molecule has 3 aromatic rings. The van der Waals surface area contributed by atoms with Crippen molar-refractivity contribution in [3.05, 3.63) is 65.6 Å². The molecule has 7 heteroatoms. The zero-order chi connectivity index (χ0) is 19.8. The Bertz CT molecular complexity index is 872. The van der Waals surface area contributed by atoms with Crippen molar-refractivity contribution in [2.75, 3.05) is 6.54 Å². The number of carbonyl (C=O) groups is 1. The molecule has 0 bridgehead atoms. The lowest BCUT2D eigenvalue weighted by molar-refractivity contribution is -0.131. The summed E-state index contributed by atoms with van der Waals surface area (Å²) in [5, 5.41) is 12.3. The Kier molecular flexibility index (Phi) is 6.94. The lowest BCUT2D eigenvalue weighted by Gasteiger charge is -2.19. The van der Waals surface area contributed by atoms with E-state index < -0.39 is 0 Å². The molecule has 148 valence electrons. The molecule has 0 radical (unpaired) electrons. The van der Waals surface area contributed by atoms with Crippen molar-refractivity contribution in [1.29, 1.82) is 0 Å². The summed E-state index contributed by atoms with van der Waals surface area (Å²) < 4.78 is 7.44. The standard InChI is InChI=1S/C21H27N5O2/c1-3-26(16-18-14-22-25(2)15-18)21(27)13-12-20-24-23-19(28-20)11-7-10-17-8-5-4-6-9-17/h4-6,8-9,14-15H,3,7,10-13,16H2,1-2H3. The van der Waals surface area contributed by atoms with E-state index in [1.54, 1.807) is 10.9 Å². The Hall–Kier alpha value is -2.96. The number of hydrogen-bond donors (Lipinski definition) is 0. The van der Waals surface area contributed by atoms with Crippen LogP contribution in [0, 0.1) is 0 Å². The van der Waals surface area contributed by atoms with Crippen LogP contribution in [0.2, 0.25) is 0 Å². The highest BCUT2D eigenvalue weighted by molar-refractivity contribution is 5.76. The van der Waals surface area contributed by atoms with Crippen LogP contribution in [0.25, 0.3) is 0 Å².